The van der Waals surface area contributed by atoms with Crippen molar-refractivity contribution in [3.05, 3.63) is 16.1 Å². The number of carboxylic acids is 1. The van der Waals surface area contributed by atoms with Gasteiger partial charge in [-0.15, -0.1) is 11.3 Å². The van der Waals surface area contributed by atoms with E-state index in [1.54, 1.807) is 11.9 Å². The summed E-state index contributed by atoms with van der Waals surface area (Å²) < 4.78 is 0. The molecule has 0 saturated heterocycles. The molecule has 1 aliphatic carbocycles. The van der Waals surface area contributed by atoms with Crippen LogP contribution in [0.25, 0.3) is 0 Å². The molecule has 1 aliphatic rings. The third kappa shape index (κ3) is 1.92. The second-order valence-corrected chi connectivity index (χ2v) is 4.70. The molecule has 0 spiro atoms. The van der Waals surface area contributed by atoms with Crippen molar-refractivity contribution in [1.29, 1.82) is 0 Å². The van der Waals surface area contributed by atoms with E-state index in [0.717, 1.165) is 30.6 Å². The molecule has 1 fully saturated rings. The van der Waals surface area contributed by atoms with Gasteiger partial charge in [0.25, 0.3) is 5.91 Å². The SMILES string of the molecule is CN(C(=O)c1csc(C(=O)O)n1)C1CCC1. The van der Waals surface area contributed by atoms with Gasteiger partial charge in [0, 0.05) is 18.5 Å². The number of thiazole rings is 1. The number of carbonyl (C=O) groups excluding carboxylic acids is 1. The first-order chi connectivity index (χ1) is 7.59. The van der Waals surface area contributed by atoms with Crippen LogP contribution in [0.15, 0.2) is 5.38 Å². The zero-order valence-electron chi connectivity index (χ0n) is 8.84. The van der Waals surface area contributed by atoms with Crippen LogP contribution in [-0.4, -0.2) is 40.0 Å². The van der Waals surface area contributed by atoms with Crippen LogP contribution in [0.2, 0.25) is 0 Å². The lowest BCUT2D eigenvalue weighted by atomic mass is 9.92. The van der Waals surface area contributed by atoms with Crippen molar-refractivity contribution >= 4 is 23.2 Å². The van der Waals surface area contributed by atoms with Gasteiger partial charge in [0.05, 0.1) is 0 Å². The number of hydrogen-bond acceptors (Lipinski definition) is 4. The summed E-state index contributed by atoms with van der Waals surface area (Å²) in [5.41, 5.74) is 0.233. The maximum atomic E-state index is 11.9. The van der Waals surface area contributed by atoms with E-state index < -0.39 is 5.97 Å². The van der Waals surface area contributed by atoms with Crippen LogP contribution < -0.4 is 0 Å². The minimum absolute atomic E-state index is 0.0367. The van der Waals surface area contributed by atoms with Crippen LogP contribution in [0.1, 0.15) is 39.6 Å². The average Bonchev–Trinajstić information content (AvgIpc) is 2.62. The van der Waals surface area contributed by atoms with E-state index in [1.807, 2.05) is 0 Å². The zero-order valence-corrected chi connectivity index (χ0v) is 9.66. The monoisotopic (exact) mass is 240 g/mol. The molecule has 1 saturated carbocycles. The Balaban J connectivity index is 2.10. The molecule has 0 atom stereocenters. The van der Waals surface area contributed by atoms with E-state index in [-0.39, 0.29) is 16.6 Å². The molecular formula is C10H12N2O3S. The number of carbonyl (C=O) groups is 2. The zero-order chi connectivity index (χ0) is 11.7. The van der Waals surface area contributed by atoms with Gasteiger partial charge in [-0.3, -0.25) is 4.79 Å². The van der Waals surface area contributed by atoms with Crippen LogP contribution in [0, 0.1) is 0 Å². The van der Waals surface area contributed by atoms with Gasteiger partial charge in [-0.1, -0.05) is 0 Å². The van der Waals surface area contributed by atoms with Gasteiger partial charge in [0.2, 0.25) is 5.01 Å². The quantitative estimate of drug-likeness (QED) is 0.868. The highest BCUT2D eigenvalue weighted by Crippen LogP contribution is 2.25. The summed E-state index contributed by atoms with van der Waals surface area (Å²) in [6.45, 7) is 0. The molecular weight excluding hydrogens is 228 g/mol. The summed E-state index contributed by atoms with van der Waals surface area (Å²) in [5.74, 6) is -1.27. The van der Waals surface area contributed by atoms with Crippen LogP contribution in [0.5, 0.6) is 0 Å². The van der Waals surface area contributed by atoms with Gasteiger partial charge in [-0.05, 0) is 19.3 Å². The third-order valence-corrected chi connectivity index (χ3v) is 3.68. The fourth-order valence-corrected chi connectivity index (χ4v) is 2.22. The lowest BCUT2D eigenvalue weighted by Crippen LogP contribution is -2.41. The van der Waals surface area contributed by atoms with E-state index in [2.05, 4.69) is 4.98 Å². The summed E-state index contributed by atoms with van der Waals surface area (Å²) in [7, 11) is 1.74. The largest absolute Gasteiger partial charge is 0.476 e. The molecule has 0 bridgehead atoms. The summed E-state index contributed by atoms with van der Waals surface area (Å²) >= 11 is 0.983. The standard InChI is InChI=1S/C10H12N2O3S/c1-12(6-3-2-4-6)9(13)7-5-16-8(11-7)10(14)15/h5-6H,2-4H2,1H3,(H,14,15). The summed E-state index contributed by atoms with van der Waals surface area (Å²) in [5, 5.41) is 10.2. The van der Waals surface area contributed by atoms with Crippen molar-refractivity contribution in [1.82, 2.24) is 9.88 Å². The Morgan fingerprint density at radius 1 is 1.56 bits per heavy atom. The number of aromatic nitrogens is 1. The van der Waals surface area contributed by atoms with Crippen molar-refractivity contribution in [2.75, 3.05) is 7.05 Å². The Bertz CT molecular complexity index is 425. The molecule has 0 aliphatic heterocycles. The van der Waals surface area contributed by atoms with Gasteiger partial charge < -0.3 is 10.0 Å². The first-order valence-corrected chi connectivity index (χ1v) is 5.93. The molecule has 5 nitrogen and oxygen atoms in total. The maximum Gasteiger partial charge on any atom is 0.365 e. The number of amides is 1. The second kappa shape index (κ2) is 4.21. The Labute approximate surface area is 96.7 Å². The summed E-state index contributed by atoms with van der Waals surface area (Å²) in [4.78, 5) is 28.0. The number of carboxylic acid groups (broad SMARTS) is 1. The molecule has 16 heavy (non-hydrogen) atoms. The Hall–Kier alpha value is -1.43. The van der Waals surface area contributed by atoms with Crippen molar-refractivity contribution in [2.24, 2.45) is 0 Å². The number of hydrogen-bond donors (Lipinski definition) is 1. The predicted molar refractivity (Wildman–Crippen MR) is 58.8 cm³/mol. The first kappa shape index (κ1) is 11.1. The van der Waals surface area contributed by atoms with Crippen LogP contribution in [0.3, 0.4) is 0 Å². The molecule has 0 radical (unpaired) electrons. The van der Waals surface area contributed by atoms with E-state index in [9.17, 15) is 9.59 Å². The lowest BCUT2D eigenvalue weighted by Gasteiger charge is -2.34. The summed E-state index contributed by atoms with van der Waals surface area (Å²) in [6.07, 6.45) is 3.20. The highest BCUT2D eigenvalue weighted by molar-refractivity contribution is 7.11. The smallest absolute Gasteiger partial charge is 0.365 e. The molecule has 1 aromatic heterocycles. The van der Waals surface area contributed by atoms with Gasteiger partial charge >= 0.3 is 5.97 Å². The van der Waals surface area contributed by atoms with Crippen molar-refractivity contribution in [2.45, 2.75) is 25.3 Å². The molecule has 1 N–H and O–H groups in total. The maximum absolute atomic E-state index is 11.9. The molecule has 1 amide bonds. The predicted octanol–water partition coefficient (Wildman–Crippen LogP) is 1.47. The van der Waals surface area contributed by atoms with Crippen LogP contribution in [0.4, 0.5) is 0 Å². The minimum atomic E-state index is -1.09. The molecule has 86 valence electrons. The molecule has 0 aromatic carbocycles. The molecule has 6 heteroatoms. The Morgan fingerprint density at radius 3 is 2.69 bits per heavy atom. The third-order valence-electron chi connectivity index (χ3n) is 2.85. The number of aromatic carboxylic acids is 1. The van der Waals surface area contributed by atoms with Crippen molar-refractivity contribution in [3.63, 3.8) is 0 Å². The van der Waals surface area contributed by atoms with E-state index in [4.69, 9.17) is 5.11 Å². The molecule has 1 heterocycles. The van der Waals surface area contributed by atoms with E-state index in [1.165, 1.54) is 5.38 Å². The Kier molecular flexibility index (Phi) is 2.91. The highest BCUT2D eigenvalue weighted by Gasteiger charge is 2.27. The lowest BCUT2D eigenvalue weighted by molar-refractivity contribution is 0.0646. The van der Waals surface area contributed by atoms with E-state index >= 15 is 0 Å². The van der Waals surface area contributed by atoms with Gasteiger partial charge in [-0.2, -0.15) is 0 Å². The van der Waals surface area contributed by atoms with Crippen molar-refractivity contribution in [3.8, 4) is 0 Å². The van der Waals surface area contributed by atoms with E-state index in [0.29, 0.717) is 6.04 Å². The normalized spacial score (nSPS) is 15.6. The fourth-order valence-electron chi connectivity index (χ4n) is 1.59. The topological polar surface area (TPSA) is 70.5 Å². The van der Waals surface area contributed by atoms with Crippen molar-refractivity contribution < 1.29 is 14.7 Å². The second-order valence-electron chi connectivity index (χ2n) is 3.84. The summed E-state index contributed by atoms with van der Waals surface area (Å²) in [6, 6.07) is 0.294. The van der Waals surface area contributed by atoms with Gasteiger partial charge in [0.15, 0.2) is 0 Å². The minimum Gasteiger partial charge on any atom is -0.476 e. The first-order valence-electron chi connectivity index (χ1n) is 5.05. The van der Waals surface area contributed by atoms with Gasteiger partial charge in [-0.25, -0.2) is 9.78 Å². The number of nitrogens with zero attached hydrogens (tertiary/aromatic N) is 2. The average molecular weight is 240 g/mol. The number of rotatable bonds is 3. The van der Waals surface area contributed by atoms with Gasteiger partial charge in [0.1, 0.15) is 5.69 Å². The molecule has 0 unspecified atom stereocenters. The fraction of sp³-hybridized carbons (Fsp3) is 0.500. The van der Waals surface area contributed by atoms with Crippen LogP contribution in [-0.2, 0) is 0 Å². The molecule has 2 rings (SSSR count). The highest BCUT2D eigenvalue weighted by atomic mass is 32.1. The Morgan fingerprint density at radius 2 is 2.25 bits per heavy atom. The van der Waals surface area contributed by atoms with Crippen LogP contribution >= 0.6 is 11.3 Å². The molecule has 1 aromatic rings.